The number of hydrogen-bond donors (Lipinski definition) is 1. The van der Waals surface area contributed by atoms with Crippen molar-refractivity contribution >= 4 is 11.8 Å². The molecule has 0 aliphatic heterocycles. The maximum absolute atomic E-state index is 5.22. The molecule has 0 heterocycles. The minimum absolute atomic E-state index is 0.731. The SMILES string of the molecule is CCCNCC(CCSCC)Cc1ccc(OC)cc1. The minimum Gasteiger partial charge on any atom is -0.497 e. The molecule has 1 aromatic carbocycles. The summed E-state index contributed by atoms with van der Waals surface area (Å²) >= 11 is 2.04. The van der Waals surface area contributed by atoms with E-state index in [1.54, 1.807) is 7.11 Å². The van der Waals surface area contributed by atoms with E-state index in [-0.39, 0.29) is 0 Å². The smallest absolute Gasteiger partial charge is 0.118 e. The molecule has 0 aliphatic carbocycles. The van der Waals surface area contributed by atoms with Crippen molar-refractivity contribution in [3.05, 3.63) is 29.8 Å². The van der Waals surface area contributed by atoms with Gasteiger partial charge in [0.15, 0.2) is 0 Å². The Morgan fingerprint density at radius 3 is 2.55 bits per heavy atom. The Bertz CT molecular complexity index is 329. The predicted molar refractivity (Wildman–Crippen MR) is 91.0 cm³/mol. The highest BCUT2D eigenvalue weighted by Gasteiger charge is 2.09. The van der Waals surface area contributed by atoms with Gasteiger partial charge in [0.1, 0.15) is 5.75 Å². The van der Waals surface area contributed by atoms with Crippen LogP contribution in [0.5, 0.6) is 5.75 Å². The fourth-order valence-corrected chi connectivity index (χ4v) is 3.04. The molecule has 2 nitrogen and oxygen atoms in total. The number of rotatable bonds is 11. The van der Waals surface area contributed by atoms with Gasteiger partial charge in [-0.05, 0) is 67.5 Å². The average Bonchev–Trinajstić information content (AvgIpc) is 2.48. The lowest BCUT2D eigenvalue weighted by atomic mass is 9.96. The van der Waals surface area contributed by atoms with Crippen LogP contribution in [-0.4, -0.2) is 31.7 Å². The molecule has 1 atom stereocenters. The van der Waals surface area contributed by atoms with E-state index in [2.05, 4.69) is 43.4 Å². The molecule has 3 heteroatoms. The fraction of sp³-hybridized carbons (Fsp3) is 0.647. The third-order valence-corrected chi connectivity index (χ3v) is 4.35. The Morgan fingerprint density at radius 1 is 1.20 bits per heavy atom. The van der Waals surface area contributed by atoms with Crippen LogP contribution in [0.15, 0.2) is 24.3 Å². The zero-order chi connectivity index (χ0) is 14.6. The van der Waals surface area contributed by atoms with E-state index in [1.807, 2.05) is 11.8 Å². The van der Waals surface area contributed by atoms with Crippen molar-refractivity contribution in [3.8, 4) is 5.75 Å². The lowest BCUT2D eigenvalue weighted by Gasteiger charge is -2.17. The molecule has 0 amide bonds. The van der Waals surface area contributed by atoms with E-state index in [4.69, 9.17) is 4.74 Å². The molecule has 1 N–H and O–H groups in total. The number of methoxy groups -OCH3 is 1. The molecule has 0 aliphatic rings. The van der Waals surface area contributed by atoms with Crippen molar-refractivity contribution in [1.82, 2.24) is 5.32 Å². The van der Waals surface area contributed by atoms with Crippen molar-refractivity contribution in [2.24, 2.45) is 5.92 Å². The standard InChI is InChI=1S/C17H29NOS/c1-4-11-18-14-16(10-12-20-5-2)13-15-6-8-17(19-3)9-7-15/h6-9,16,18H,4-5,10-14H2,1-3H3. The van der Waals surface area contributed by atoms with Crippen LogP contribution in [0, 0.1) is 5.92 Å². The summed E-state index contributed by atoms with van der Waals surface area (Å²) in [7, 11) is 1.72. The number of nitrogens with one attached hydrogen (secondary N) is 1. The molecular weight excluding hydrogens is 266 g/mol. The van der Waals surface area contributed by atoms with Crippen LogP contribution < -0.4 is 10.1 Å². The predicted octanol–water partition coefficient (Wildman–Crippen LogP) is 4.00. The van der Waals surface area contributed by atoms with Gasteiger partial charge in [-0.1, -0.05) is 26.0 Å². The fourth-order valence-electron chi connectivity index (χ4n) is 2.25. The molecule has 1 rings (SSSR count). The third-order valence-electron chi connectivity index (χ3n) is 3.42. The first-order valence-electron chi connectivity index (χ1n) is 7.71. The lowest BCUT2D eigenvalue weighted by molar-refractivity contribution is 0.414. The van der Waals surface area contributed by atoms with Crippen molar-refractivity contribution in [2.75, 3.05) is 31.7 Å². The minimum atomic E-state index is 0.731. The summed E-state index contributed by atoms with van der Waals surface area (Å²) in [5, 5.41) is 3.57. The molecule has 0 saturated carbocycles. The summed E-state index contributed by atoms with van der Waals surface area (Å²) in [4.78, 5) is 0. The highest BCUT2D eigenvalue weighted by Crippen LogP contribution is 2.18. The van der Waals surface area contributed by atoms with Gasteiger partial charge < -0.3 is 10.1 Å². The molecule has 0 radical (unpaired) electrons. The largest absolute Gasteiger partial charge is 0.497 e. The summed E-state index contributed by atoms with van der Waals surface area (Å²) in [6.07, 6.45) is 3.66. The van der Waals surface area contributed by atoms with Crippen LogP contribution in [-0.2, 0) is 6.42 Å². The topological polar surface area (TPSA) is 21.3 Å². The molecule has 0 saturated heterocycles. The summed E-state index contributed by atoms with van der Waals surface area (Å²) in [6, 6.07) is 8.51. The Balaban J connectivity index is 2.47. The Morgan fingerprint density at radius 2 is 1.95 bits per heavy atom. The van der Waals surface area contributed by atoms with Crippen LogP contribution in [0.4, 0.5) is 0 Å². The lowest BCUT2D eigenvalue weighted by Crippen LogP contribution is -2.25. The van der Waals surface area contributed by atoms with Gasteiger partial charge in [0, 0.05) is 0 Å². The highest BCUT2D eigenvalue weighted by atomic mass is 32.2. The number of thioether (sulfide) groups is 1. The Kier molecular flexibility index (Phi) is 9.60. The monoisotopic (exact) mass is 295 g/mol. The summed E-state index contributed by atoms with van der Waals surface area (Å²) in [6.45, 7) is 6.71. The van der Waals surface area contributed by atoms with Crippen LogP contribution in [0.3, 0.4) is 0 Å². The van der Waals surface area contributed by atoms with Gasteiger partial charge in [-0.3, -0.25) is 0 Å². The van der Waals surface area contributed by atoms with Gasteiger partial charge >= 0.3 is 0 Å². The number of hydrogen-bond acceptors (Lipinski definition) is 3. The maximum atomic E-state index is 5.22. The van der Waals surface area contributed by atoms with Gasteiger partial charge in [0.25, 0.3) is 0 Å². The zero-order valence-electron chi connectivity index (χ0n) is 13.2. The van der Waals surface area contributed by atoms with Gasteiger partial charge in [-0.25, -0.2) is 0 Å². The summed E-state index contributed by atoms with van der Waals surface area (Å²) in [5.41, 5.74) is 1.41. The summed E-state index contributed by atoms with van der Waals surface area (Å²) < 4.78 is 5.22. The highest BCUT2D eigenvalue weighted by molar-refractivity contribution is 7.99. The van der Waals surface area contributed by atoms with E-state index in [0.717, 1.165) is 31.2 Å². The van der Waals surface area contributed by atoms with E-state index in [1.165, 1.54) is 29.9 Å². The molecule has 114 valence electrons. The normalized spacial score (nSPS) is 12.3. The van der Waals surface area contributed by atoms with Crippen molar-refractivity contribution in [2.45, 2.75) is 33.1 Å². The first kappa shape index (κ1) is 17.4. The Hall–Kier alpha value is -0.670. The quantitative estimate of drug-likeness (QED) is 0.624. The number of benzene rings is 1. The zero-order valence-corrected chi connectivity index (χ0v) is 14.0. The second-order valence-corrected chi connectivity index (χ2v) is 6.50. The third kappa shape index (κ3) is 7.20. The molecule has 0 fully saturated rings. The first-order chi connectivity index (χ1) is 9.80. The second-order valence-electron chi connectivity index (χ2n) is 5.11. The van der Waals surface area contributed by atoms with Gasteiger partial charge in [-0.2, -0.15) is 11.8 Å². The van der Waals surface area contributed by atoms with E-state index in [0.29, 0.717) is 0 Å². The maximum Gasteiger partial charge on any atom is 0.118 e. The molecular formula is C17H29NOS. The van der Waals surface area contributed by atoms with Crippen molar-refractivity contribution < 1.29 is 4.74 Å². The second kappa shape index (κ2) is 11.0. The molecule has 1 unspecified atom stereocenters. The molecule has 1 aromatic rings. The Labute approximate surface area is 128 Å². The molecule has 0 bridgehead atoms. The number of ether oxygens (including phenoxy) is 1. The van der Waals surface area contributed by atoms with Gasteiger partial charge in [0.2, 0.25) is 0 Å². The van der Waals surface area contributed by atoms with Gasteiger partial charge in [0.05, 0.1) is 7.11 Å². The molecule has 20 heavy (non-hydrogen) atoms. The average molecular weight is 295 g/mol. The van der Waals surface area contributed by atoms with Crippen LogP contribution in [0.2, 0.25) is 0 Å². The van der Waals surface area contributed by atoms with E-state index in [9.17, 15) is 0 Å². The van der Waals surface area contributed by atoms with Crippen LogP contribution in [0.25, 0.3) is 0 Å². The van der Waals surface area contributed by atoms with Crippen molar-refractivity contribution in [3.63, 3.8) is 0 Å². The molecule has 0 aromatic heterocycles. The van der Waals surface area contributed by atoms with Crippen LogP contribution >= 0.6 is 11.8 Å². The molecule has 0 spiro atoms. The van der Waals surface area contributed by atoms with E-state index >= 15 is 0 Å². The van der Waals surface area contributed by atoms with Crippen LogP contribution in [0.1, 0.15) is 32.3 Å². The first-order valence-corrected chi connectivity index (χ1v) is 8.87. The van der Waals surface area contributed by atoms with Gasteiger partial charge in [-0.15, -0.1) is 0 Å². The summed E-state index contributed by atoms with van der Waals surface area (Å²) in [5.74, 6) is 4.16. The van der Waals surface area contributed by atoms with E-state index < -0.39 is 0 Å². The van der Waals surface area contributed by atoms with Crippen molar-refractivity contribution in [1.29, 1.82) is 0 Å².